The van der Waals surface area contributed by atoms with Gasteiger partial charge in [0, 0.05) is 69.8 Å². The number of aromatic hydroxyl groups is 1. The number of carbonyl (C=O) groups excluding carboxylic acids is 11. The second kappa shape index (κ2) is 33.2. The van der Waals surface area contributed by atoms with Crippen molar-refractivity contribution in [3.63, 3.8) is 0 Å². The fourth-order valence-electron chi connectivity index (χ4n) is 9.74. The number of likely N-dealkylation sites (tertiary alicyclic amines) is 1. The van der Waals surface area contributed by atoms with Crippen LogP contribution in [0.4, 0.5) is 4.79 Å². The van der Waals surface area contributed by atoms with Gasteiger partial charge in [-0.1, -0.05) is 74.5 Å². The number of aromatic nitrogens is 1. The first-order valence-corrected chi connectivity index (χ1v) is 28.5. The summed E-state index contributed by atoms with van der Waals surface area (Å²) in [6.45, 7) is 5.66. The van der Waals surface area contributed by atoms with Gasteiger partial charge in [0.1, 0.15) is 54.1 Å². The molecule has 2 heterocycles. The Labute approximate surface area is 507 Å². The summed E-state index contributed by atoms with van der Waals surface area (Å²) in [4.78, 5) is 153. The molecule has 1 fully saturated rings. The van der Waals surface area contributed by atoms with E-state index in [9.17, 15) is 68.1 Å². The summed E-state index contributed by atoms with van der Waals surface area (Å²) >= 11 is 0. The Balaban J connectivity index is 1.27. The SMILES string of the molecule is CNC(=N)NCCC[C@H](NC(=O)[C@H](CC(C)C)NC(=O)NNC(=O)[C@H](Cc1ccccc1)NC(=O)C(NC(=O)[C@@H](CC(N)=O)NC(=O)[C@@H]1C[C@@H](O)CN1C(=O)[C@@H](Cc1ccc(O)cc1)NC(C)=O)[C@@H](C)O)C(=O)N[C@@H](Cc1c[nH]c2ccccc12)C(N)=O. The minimum Gasteiger partial charge on any atom is -0.508 e. The van der Waals surface area contributed by atoms with Crippen molar-refractivity contribution in [1.82, 2.24) is 68.6 Å². The third kappa shape index (κ3) is 21.3. The lowest BCUT2D eigenvalue weighted by atomic mass is 10.0. The normalized spacial score (nSPS) is 16.3. The molecule has 88 heavy (non-hydrogen) atoms. The summed E-state index contributed by atoms with van der Waals surface area (Å²) in [6, 6.07) is 8.39. The van der Waals surface area contributed by atoms with Gasteiger partial charge in [0.2, 0.25) is 53.2 Å². The van der Waals surface area contributed by atoms with E-state index < -0.39 is 132 Å². The number of amides is 12. The van der Waals surface area contributed by atoms with Gasteiger partial charge in [-0.05, 0) is 67.0 Å². The van der Waals surface area contributed by atoms with Crippen LogP contribution in [0.5, 0.6) is 5.75 Å². The Kier molecular flexibility index (Phi) is 26.0. The Morgan fingerprint density at radius 3 is 1.93 bits per heavy atom. The van der Waals surface area contributed by atoms with Crippen molar-refractivity contribution in [2.45, 2.75) is 140 Å². The number of phenolic OH excluding ortho intramolecular Hbond substituents is 1. The van der Waals surface area contributed by atoms with Crippen molar-refractivity contribution in [2.24, 2.45) is 17.4 Å². The highest BCUT2D eigenvalue weighted by molar-refractivity contribution is 5.99. The molecule has 5 rings (SSSR count). The molecule has 0 saturated carbocycles. The molecule has 30 heteroatoms. The average molecular weight is 1230 g/mol. The fraction of sp³-hybridized carbons (Fsp3) is 0.448. The van der Waals surface area contributed by atoms with Crippen LogP contribution in [0.3, 0.4) is 0 Å². The predicted octanol–water partition coefficient (Wildman–Crippen LogP) is -3.20. The van der Waals surface area contributed by atoms with Gasteiger partial charge in [-0.15, -0.1) is 0 Å². The number of phenols is 1. The number of H-pyrrole nitrogens is 1. The van der Waals surface area contributed by atoms with Crippen molar-refractivity contribution < 1.29 is 68.1 Å². The Morgan fingerprint density at radius 2 is 1.30 bits per heavy atom. The van der Waals surface area contributed by atoms with Crippen molar-refractivity contribution in [1.29, 1.82) is 5.41 Å². The minimum atomic E-state index is -1.90. The number of fused-ring (bicyclic) bond motifs is 1. The highest BCUT2D eigenvalue weighted by atomic mass is 16.3. The zero-order chi connectivity index (χ0) is 64.8. The number of nitrogens with zero attached hydrogens (tertiary/aromatic N) is 1. The quantitative estimate of drug-likeness (QED) is 0.0106. The van der Waals surface area contributed by atoms with E-state index in [4.69, 9.17) is 16.9 Å². The van der Waals surface area contributed by atoms with Crippen LogP contribution in [0.15, 0.2) is 85.1 Å². The molecule has 1 aliphatic heterocycles. The topological polar surface area (TPSA) is 476 Å². The first kappa shape index (κ1) is 68.9. The molecule has 30 nitrogen and oxygen atoms in total. The third-order valence-electron chi connectivity index (χ3n) is 14.2. The number of carbonyl (C=O) groups is 11. The van der Waals surface area contributed by atoms with E-state index in [1.807, 2.05) is 24.3 Å². The lowest BCUT2D eigenvalue weighted by molar-refractivity contribution is -0.142. The molecule has 0 bridgehead atoms. The van der Waals surface area contributed by atoms with Crippen molar-refractivity contribution in [2.75, 3.05) is 20.1 Å². The first-order valence-electron chi connectivity index (χ1n) is 28.5. The number of aliphatic hydroxyl groups excluding tert-OH is 2. The fourth-order valence-corrected chi connectivity index (χ4v) is 9.74. The Hall–Kier alpha value is -9.84. The molecule has 0 radical (unpaired) electrons. The van der Waals surface area contributed by atoms with E-state index in [0.717, 1.165) is 22.7 Å². The number of guanidine groups is 1. The van der Waals surface area contributed by atoms with E-state index in [1.165, 1.54) is 38.2 Å². The van der Waals surface area contributed by atoms with Gasteiger partial charge in [-0.25, -0.2) is 10.2 Å². The minimum absolute atomic E-state index is 0.00174. The van der Waals surface area contributed by atoms with E-state index >= 15 is 0 Å². The van der Waals surface area contributed by atoms with Gasteiger partial charge in [-0.2, -0.15) is 0 Å². The van der Waals surface area contributed by atoms with Gasteiger partial charge in [0.15, 0.2) is 5.96 Å². The molecule has 0 spiro atoms. The average Bonchev–Trinajstić information content (AvgIpc) is 2.76. The molecule has 0 aliphatic carbocycles. The monoisotopic (exact) mass is 1220 g/mol. The van der Waals surface area contributed by atoms with Crippen LogP contribution in [0, 0.1) is 11.3 Å². The van der Waals surface area contributed by atoms with E-state index in [2.05, 4.69) is 63.7 Å². The second-order valence-electron chi connectivity index (χ2n) is 21.8. The molecule has 20 N–H and O–H groups in total. The number of hydrogen-bond donors (Lipinski definition) is 18. The van der Waals surface area contributed by atoms with Crippen molar-refractivity contribution in [3.05, 3.63) is 102 Å². The number of nitrogens with one attached hydrogen (secondary N) is 13. The van der Waals surface area contributed by atoms with Gasteiger partial charge in [0.25, 0.3) is 5.91 Å². The number of primary amides is 2. The van der Waals surface area contributed by atoms with Crippen LogP contribution >= 0.6 is 0 Å². The van der Waals surface area contributed by atoms with Crippen LogP contribution in [-0.4, -0.2) is 177 Å². The lowest BCUT2D eigenvalue weighted by Crippen LogP contribution is -2.62. The maximum Gasteiger partial charge on any atom is 0.334 e. The second-order valence-corrected chi connectivity index (χ2v) is 21.8. The predicted molar refractivity (Wildman–Crippen MR) is 319 cm³/mol. The molecule has 476 valence electrons. The van der Waals surface area contributed by atoms with Crippen LogP contribution in [0.1, 0.15) is 76.5 Å². The summed E-state index contributed by atoms with van der Waals surface area (Å²) in [7, 11) is 1.54. The number of rotatable bonds is 30. The zero-order valence-electron chi connectivity index (χ0n) is 49.4. The van der Waals surface area contributed by atoms with Crippen LogP contribution in [-0.2, 0) is 67.2 Å². The molecule has 12 amide bonds. The number of nitrogens with two attached hydrogens (primary N) is 2. The molecule has 3 aromatic carbocycles. The summed E-state index contributed by atoms with van der Waals surface area (Å²) in [5.74, 6) is -9.62. The smallest absolute Gasteiger partial charge is 0.334 e. The van der Waals surface area contributed by atoms with E-state index in [0.29, 0.717) is 16.7 Å². The van der Waals surface area contributed by atoms with Gasteiger partial charge in [-0.3, -0.25) is 58.8 Å². The number of aromatic amines is 1. The van der Waals surface area contributed by atoms with E-state index in [1.54, 1.807) is 50.4 Å². The number of aliphatic hydroxyl groups is 2. The number of benzene rings is 3. The number of hydrazine groups is 1. The number of β-amino-alcohol motifs (C(OH)–C–C–N with tert-alkyl or cyclic N) is 1. The van der Waals surface area contributed by atoms with Crippen LogP contribution in [0.25, 0.3) is 10.9 Å². The highest BCUT2D eigenvalue weighted by Gasteiger charge is 2.43. The standard InChI is InChI=1S/C58H80N16O14/c1-30(2)22-42(51(82)66-40(16-11-21-63-57(61)62-5)50(81)67-41(49(60)80)25-35-28-64-39-15-10-9-14-38(35)39)70-58(88)73-72-53(84)43(23-33-12-7-6-8-13-33)69-55(86)48(31(3)75)71-52(83)44(27-47(59)79)68-54(85)46-26-37(78)29-74(46)56(87)45(65-32(4)76)24-34-17-19-36(77)20-18-34/h6-10,12-15,17-20,28,30-31,37,40-46,48,64,75,77-78H,11,16,21-27,29H2,1-5H3,(H2,59,79)(H2,60,80)(H,65,76)(H,66,82)(H,67,81)(H,68,85)(H,69,86)(H,71,83)(H,72,84)(H3,61,62,63)(H2,70,73,88)/t31-,37-,40+,41+,42+,43+,44-,45-,46+,48?/m1/s1. The maximum atomic E-state index is 14.1. The molecule has 1 aromatic heterocycles. The molecule has 4 aromatic rings. The summed E-state index contributed by atoms with van der Waals surface area (Å²) in [5, 5.41) is 62.9. The zero-order valence-corrected chi connectivity index (χ0v) is 49.4. The van der Waals surface area contributed by atoms with Crippen LogP contribution in [0.2, 0.25) is 0 Å². The van der Waals surface area contributed by atoms with E-state index in [-0.39, 0.29) is 75.7 Å². The molecule has 1 aliphatic rings. The maximum absolute atomic E-state index is 14.1. The third-order valence-corrected chi connectivity index (χ3v) is 14.2. The molecular formula is C58H80N16O14. The Morgan fingerprint density at radius 1 is 0.682 bits per heavy atom. The molecule has 1 unspecified atom stereocenters. The largest absolute Gasteiger partial charge is 0.508 e. The number of para-hydroxylation sites is 1. The summed E-state index contributed by atoms with van der Waals surface area (Å²) in [5.41, 5.74) is 18.1. The van der Waals surface area contributed by atoms with Gasteiger partial charge in [0.05, 0.1) is 18.6 Å². The highest BCUT2D eigenvalue weighted by Crippen LogP contribution is 2.23. The Bertz CT molecular complexity index is 3120. The van der Waals surface area contributed by atoms with Gasteiger partial charge < -0.3 is 84.5 Å². The molecular weight excluding hydrogens is 1140 g/mol. The number of urea groups is 1. The summed E-state index contributed by atoms with van der Waals surface area (Å²) in [6.07, 6.45) is -2.51. The lowest BCUT2D eigenvalue weighted by Gasteiger charge is -2.30. The molecule has 1 saturated heterocycles. The van der Waals surface area contributed by atoms with Crippen LogP contribution < -0.4 is 70.2 Å². The first-order chi connectivity index (χ1) is 41.7. The number of hydrogen-bond acceptors (Lipinski definition) is 15. The van der Waals surface area contributed by atoms with Crippen molar-refractivity contribution in [3.8, 4) is 5.75 Å². The summed E-state index contributed by atoms with van der Waals surface area (Å²) < 4.78 is 0. The van der Waals surface area contributed by atoms with Gasteiger partial charge >= 0.3 is 6.03 Å². The molecule has 10 atom stereocenters. The van der Waals surface area contributed by atoms with Crippen molar-refractivity contribution >= 4 is 82.0 Å².